The highest BCUT2D eigenvalue weighted by Gasteiger charge is 2.27. The normalized spacial score (nSPS) is 13.0. The quantitative estimate of drug-likeness (QED) is 0.884. The number of ether oxygens (including phenoxy) is 1. The summed E-state index contributed by atoms with van der Waals surface area (Å²) in [7, 11) is 1.68. The van der Waals surface area contributed by atoms with Crippen LogP contribution in [0.4, 0.5) is 0 Å². The maximum atomic E-state index is 9.46. The Bertz CT molecular complexity index is 547. The van der Waals surface area contributed by atoms with Gasteiger partial charge in [0.05, 0.1) is 7.11 Å². The Balaban J connectivity index is 2.44. The molecule has 1 N–H and O–H groups in total. The molecule has 0 fully saturated rings. The van der Waals surface area contributed by atoms with E-state index in [0.717, 1.165) is 5.75 Å². The molecule has 20 heavy (non-hydrogen) atoms. The number of aromatic hydroxyl groups is 1. The summed E-state index contributed by atoms with van der Waals surface area (Å²) in [6.45, 7) is 6.69. The van der Waals surface area contributed by atoms with E-state index in [1.165, 1.54) is 11.1 Å². The fraction of sp³-hybridized carbons (Fsp3) is 0.333. The summed E-state index contributed by atoms with van der Waals surface area (Å²) in [6, 6.07) is 15.7. The molecule has 1 atom stereocenters. The molecule has 0 saturated carbocycles. The molecular weight excluding hydrogens is 248 g/mol. The Labute approximate surface area is 121 Å². The number of rotatable bonds is 3. The molecule has 2 aromatic rings. The first kappa shape index (κ1) is 14.4. The van der Waals surface area contributed by atoms with Crippen molar-refractivity contribution >= 4 is 0 Å². The van der Waals surface area contributed by atoms with E-state index in [-0.39, 0.29) is 11.3 Å². The molecular formula is C18H22O2. The van der Waals surface area contributed by atoms with Gasteiger partial charge in [-0.25, -0.2) is 0 Å². The lowest BCUT2D eigenvalue weighted by atomic mass is 9.72. The van der Waals surface area contributed by atoms with Crippen LogP contribution in [0, 0.1) is 5.41 Å². The highest BCUT2D eigenvalue weighted by Crippen LogP contribution is 2.41. The number of methoxy groups -OCH3 is 1. The van der Waals surface area contributed by atoms with Gasteiger partial charge in [0.25, 0.3) is 0 Å². The van der Waals surface area contributed by atoms with Crippen LogP contribution in [-0.2, 0) is 0 Å². The molecule has 2 nitrogen and oxygen atoms in total. The summed E-state index contributed by atoms with van der Waals surface area (Å²) in [5.41, 5.74) is 2.55. The first-order valence-corrected chi connectivity index (χ1v) is 6.84. The molecule has 2 rings (SSSR count). The van der Waals surface area contributed by atoms with Crippen LogP contribution in [0.15, 0.2) is 48.5 Å². The average Bonchev–Trinajstić information content (AvgIpc) is 2.41. The van der Waals surface area contributed by atoms with Crippen LogP contribution < -0.4 is 4.74 Å². The molecule has 0 spiro atoms. The number of phenols is 1. The zero-order valence-electron chi connectivity index (χ0n) is 12.6. The second-order valence-corrected chi connectivity index (χ2v) is 6.16. The van der Waals surface area contributed by atoms with Gasteiger partial charge >= 0.3 is 0 Å². The minimum absolute atomic E-state index is 0.0889. The smallest absolute Gasteiger partial charge is 0.118 e. The van der Waals surface area contributed by atoms with Crippen LogP contribution in [0.25, 0.3) is 0 Å². The molecule has 0 aliphatic rings. The molecule has 1 unspecified atom stereocenters. The Morgan fingerprint density at radius 2 is 1.30 bits per heavy atom. The fourth-order valence-corrected chi connectivity index (χ4v) is 2.66. The Kier molecular flexibility index (Phi) is 4.03. The highest BCUT2D eigenvalue weighted by molar-refractivity contribution is 5.39. The summed E-state index contributed by atoms with van der Waals surface area (Å²) < 4.78 is 5.22. The number of hydrogen-bond donors (Lipinski definition) is 1. The van der Waals surface area contributed by atoms with E-state index in [0.29, 0.717) is 5.75 Å². The van der Waals surface area contributed by atoms with Crippen molar-refractivity contribution in [3.05, 3.63) is 59.7 Å². The molecule has 0 aliphatic heterocycles. The summed E-state index contributed by atoms with van der Waals surface area (Å²) in [6.07, 6.45) is 0. The highest BCUT2D eigenvalue weighted by atomic mass is 16.5. The summed E-state index contributed by atoms with van der Waals surface area (Å²) in [5.74, 6) is 1.44. The van der Waals surface area contributed by atoms with Crippen molar-refractivity contribution in [2.45, 2.75) is 26.7 Å². The van der Waals surface area contributed by atoms with Crippen molar-refractivity contribution in [1.29, 1.82) is 0 Å². The van der Waals surface area contributed by atoms with Crippen molar-refractivity contribution in [2.75, 3.05) is 7.11 Å². The van der Waals surface area contributed by atoms with Gasteiger partial charge in [-0.1, -0.05) is 45.0 Å². The SMILES string of the molecule is COc1ccc(C(c2ccc(O)cc2)C(C)(C)C)cc1. The van der Waals surface area contributed by atoms with Gasteiger partial charge in [0, 0.05) is 5.92 Å². The van der Waals surface area contributed by atoms with E-state index in [9.17, 15) is 5.11 Å². The van der Waals surface area contributed by atoms with Crippen LogP contribution in [0.3, 0.4) is 0 Å². The van der Waals surface area contributed by atoms with Crippen LogP contribution >= 0.6 is 0 Å². The first-order valence-electron chi connectivity index (χ1n) is 6.84. The number of benzene rings is 2. The van der Waals surface area contributed by atoms with Crippen LogP contribution in [0.2, 0.25) is 0 Å². The van der Waals surface area contributed by atoms with E-state index in [4.69, 9.17) is 4.74 Å². The maximum Gasteiger partial charge on any atom is 0.118 e. The van der Waals surface area contributed by atoms with Gasteiger partial charge in [-0.05, 0) is 40.8 Å². The first-order chi connectivity index (χ1) is 9.41. The standard InChI is InChI=1S/C18H22O2/c1-18(2,3)17(13-5-9-15(19)10-6-13)14-7-11-16(20-4)12-8-14/h5-12,17,19H,1-4H3. The molecule has 0 aromatic heterocycles. The number of phenolic OH excluding ortho intramolecular Hbond substituents is 1. The van der Waals surface area contributed by atoms with E-state index >= 15 is 0 Å². The lowest BCUT2D eigenvalue weighted by Gasteiger charge is -2.32. The second-order valence-electron chi connectivity index (χ2n) is 6.16. The molecule has 2 heteroatoms. The topological polar surface area (TPSA) is 29.5 Å². The van der Waals surface area contributed by atoms with Crippen LogP contribution in [-0.4, -0.2) is 12.2 Å². The lowest BCUT2D eigenvalue weighted by molar-refractivity contribution is 0.357. The summed E-state index contributed by atoms with van der Waals surface area (Å²) >= 11 is 0. The minimum Gasteiger partial charge on any atom is -0.508 e. The van der Waals surface area contributed by atoms with Crippen molar-refractivity contribution in [1.82, 2.24) is 0 Å². The zero-order chi connectivity index (χ0) is 14.8. The van der Waals surface area contributed by atoms with E-state index < -0.39 is 0 Å². The van der Waals surface area contributed by atoms with Gasteiger partial charge in [-0.2, -0.15) is 0 Å². The Hall–Kier alpha value is -1.96. The van der Waals surface area contributed by atoms with Crippen LogP contribution in [0.5, 0.6) is 11.5 Å². The molecule has 0 bridgehead atoms. The third-order valence-electron chi connectivity index (χ3n) is 3.54. The van der Waals surface area contributed by atoms with Crippen molar-refractivity contribution in [3.63, 3.8) is 0 Å². The third-order valence-corrected chi connectivity index (χ3v) is 3.54. The summed E-state index contributed by atoms with van der Waals surface area (Å²) in [4.78, 5) is 0. The third kappa shape index (κ3) is 3.13. The van der Waals surface area contributed by atoms with Gasteiger partial charge in [-0.15, -0.1) is 0 Å². The van der Waals surface area contributed by atoms with Crippen molar-refractivity contribution < 1.29 is 9.84 Å². The monoisotopic (exact) mass is 270 g/mol. The maximum absolute atomic E-state index is 9.46. The van der Waals surface area contributed by atoms with Crippen molar-refractivity contribution in [3.8, 4) is 11.5 Å². The van der Waals surface area contributed by atoms with E-state index in [2.05, 4.69) is 32.9 Å². The van der Waals surface area contributed by atoms with Crippen molar-refractivity contribution in [2.24, 2.45) is 5.41 Å². The average molecular weight is 270 g/mol. The second kappa shape index (κ2) is 5.58. The summed E-state index contributed by atoms with van der Waals surface area (Å²) in [5, 5.41) is 9.46. The van der Waals surface area contributed by atoms with Gasteiger partial charge in [0.15, 0.2) is 0 Å². The van der Waals surface area contributed by atoms with Gasteiger partial charge in [0.2, 0.25) is 0 Å². The van der Waals surface area contributed by atoms with Gasteiger partial charge < -0.3 is 9.84 Å². The molecule has 0 saturated heterocycles. The molecule has 0 aliphatic carbocycles. The largest absolute Gasteiger partial charge is 0.508 e. The zero-order valence-corrected chi connectivity index (χ0v) is 12.6. The molecule has 0 heterocycles. The Morgan fingerprint density at radius 1 is 0.850 bits per heavy atom. The Morgan fingerprint density at radius 3 is 1.70 bits per heavy atom. The van der Waals surface area contributed by atoms with E-state index in [1.54, 1.807) is 19.2 Å². The number of hydrogen-bond acceptors (Lipinski definition) is 2. The predicted octanol–water partition coefficient (Wildman–Crippen LogP) is 4.58. The van der Waals surface area contributed by atoms with Gasteiger partial charge in [0.1, 0.15) is 11.5 Å². The molecule has 106 valence electrons. The fourth-order valence-electron chi connectivity index (χ4n) is 2.66. The molecule has 0 radical (unpaired) electrons. The predicted molar refractivity (Wildman–Crippen MR) is 82.4 cm³/mol. The molecule has 0 amide bonds. The van der Waals surface area contributed by atoms with E-state index in [1.807, 2.05) is 24.3 Å². The van der Waals surface area contributed by atoms with Crippen LogP contribution in [0.1, 0.15) is 37.8 Å². The lowest BCUT2D eigenvalue weighted by Crippen LogP contribution is -2.19. The minimum atomic E-state index is 0.0889. The van der Waals surface area contributed by atoms with Gasteiger partial charge in [-0.3, -0.25) is 0 Å². The molecule has 2 aromatic carbocycles.